The molecule has 3 nitrogen and oxygen atoms in total. The van der Waals surface area contributed by atoms with Crippen LogP contribution in [0.4, 0.5) is 5.82 Å². The average Bonchev–Trinajstić information content (AvgIpc) is 2.36. The number of rotatable bonds is 5. The Bertz CT molecular complexity index is 555. The number of aromatic nitrogens is 2. The van der Waals surface area contributed by atoms with Crippen molar-refractivity contribution in [3.8, 4) is 0 Å². The van der Waals surface area contributed by atoms with Gasteiger partial charge in [0.1, 0.15) is 16.7 Å². The van der Waals surface area contributed by atoms with Gasteiger partial charge in [-0.1, -0.05) is 36.8 Å². The van der Waals surface area contributed by atoms with Crippen LogP contribution >= 0.6 is 11.8 Å². The molecule has 0 saturated carbocycles. The van der Waals surface area contributed by atoms with Gasteiger partial charge in [-0.3, -0.25) is 0 Å². The molecular weight excluding hydrogens is 254 g/mol. The molecule has 0 fully saturated rings. The monoisotopic (exact) mass is 273 g/mol. The molecule has 0 saturated heterocycles. The summed E-state index contributed by atoms with van der Waals surface area (Å²) in [4.78, 5) is 8.78. The Balaban J connectivity index is 2.06. The van der Waals surface area contributed by atoms with E-state index in [1.807, 2.05) is 6.07 Å². The molecule has 4 heteroatoms. The summed E-state index contributed by atoms with van der Waals surface area (Å²) in [5.41, 5.74) is 8.41. The maximum atomic E-state index is 5.82. The van der Waals surface area contributed by atoms with Crippen molar-refractivity contribution in [2.45, 2.75) is 37.5 Å². The summed E-state index contributed by atoms with van der Waals surface area (Å²) in [5.74, 6) is 2.31. The third-order valence-corrected chi connectivity index (χ3v) is 3.69. The molecular formula is C15H19N3S. The number of hydrogen-bond acceptors (Lipinski definition) is 4. The fourth-order valence-electron chi connectivity index (χ4n) is 1.86. The Labute approximate surface area is 118 Å². The molecule has 0 aliphatic rings. The smallest absolute Gasteiger partial charge is 0.132 e. The summed E-state index contributed by atoms with van der Waals surface area (Å²) in [6.07, 6.45) is 1.91. The lowest BCUT2D eigenvalue weighted by Gasteiger charge is -2.05. The minimum Gasteiger partial charge on any atom is -0.384 e. The quantitative estimate of drug-likeness (QED) is 0.668. The van der Waals surface area contributed by atoms with Gasteiger partial charge in [-0.2, -0.15) is 0 Å². The molecule has 1 heterocycles. The first-order valence-corrected chi connectivity index (χ1v) is 7.47. The van der Waals surface area contributed by atoms with Gasteiger partial charge in [-0.05, 0) is 18.9 Å². The molecule has 0 amide bonds. The summed E-state index contributed by atoms with van der Waals surface area (Å²) < 4.78 is 0. The van der Waals surface area contributed by atoms with Crippen LogP contribution in [0.25, 0.3) is 0 Å². The van der Waals surface area contributed by atoms with Crippen molar-refractivity contribution >= 4 is 17.6 Å². The van der Waals surface area contributed by atoms with Crippen molar-refractivity contribution in [3.63, 3.8) is 0 Å². The number of aryl methyl sites for hydroxylation is 2. The van der Waals surface area contributed by atoms with Crippen LogP contribution in [0.15, 0.2) is 35.4 Å². The summed E-state index contributed by atoms with van der Waals surface area (Å²) in [6.45, 7) is 4.22. The van der Waals surface area contributed by atoms with E-state index in [1.165, 1.54) is 11.1 Å². The van der Waals surface area contributed by atoms with Crippen LogP contribution in [0.1, 0.15) is 30.3 Å². The van der Waals surface area contributed by atoms with Crippen molar-refractivity contribution in [2.24, 2.45) is 0 Å². The van der Waals surface area contributed by atoms with Crippen LogP contribution in [0.2, 0.25) is 0 Å². The summed E-state index contributed by atoms with van der Waals surface area (Å²) >= 11 is 1.71. The topological polar surface area (TPSA) is 51.8 Å². The molecule has 0 aliphatic carbocycles. The van der Waals surface area contributed by atoms with E-state index in [2.05, 4.69) is 48.1 Å². The van der Waals surface area contributed by atoms with Gasteiger partial charge in [0.2, 0.25) is 0 Å². The zero-order chi connectivity index (χ0) is 13.7. The van der Waals surface area contributed by atoms with Crippen molar-refractivity contribution in [1.82, 2.24) is 9.97 Å². The van der Waals surface area contributed by atoms with Gasteiger partial charge < -0.3 is 5.73 Å². The third-order valence-electron chi connectivity index (χ3n) is 2.71. The molecule has 0 radical (unpaired) electrons. The lowest BCUT2D eigenvalue weighted by molar-refractivity contribution is 0.813. The highest BCUT2D eigenvalue weighted by atomic mass is 32.2. The van der Waals surface area contributed by atoms with E-state index < -0.39 is 0 Å². The molecule has 0 bridgehead atoms. The van der Waals surface area contributed by atoms with E-state index >= 15 is 0 Å². The maximum absolute atomic E-state index is 5.82. The van der Waals surface area contributed by atoms with Crippen molar-refractivity contribution in [1.29, 1.82) is 0 Å². The Morgan fingerprint density at radius 3 is 2.79 bits per heavy atom. The number of benzene rings is 1. The van der Waals surface area contributed by atoms with Crippen molar-refractivity contribution in [3.05, 3.63) is 47.3 Å². The fourth-order valence-corrected chi connectivity index (χ4v) is 2.73. The SMILES string of the molecule is CCCc1nc(N)cc(SCc2cccc(C)c2)n1. The van der Waals surface area contributed by atoms with Gasteiger partial charge in [-0.25, -0.2) is 9.97 Å². The molecule has 100 valence electrons. The number of hydrogen-bond donors (Lipinski definition) is 1. The summed E-state index contributed by atoms with van der Waals surface area (Å²) in [5, 5.41) is 0.956. The highest BCUT2D eigenvalue weighted by Crippen LogP contribution is 2.22. The van der Waals surface area contributed by atoms with Gasteiger partial charge in [-0.15, -0.1) is 11.8 Å². The van der Waals surface area contributed by atoms with Gasteiger partial charge in [0.15, 0.2) is 0 Å². The molecule has 0 aliphatic heterocycles. The maximum Gasteiger partial charge on any atom is 0.132 e. The second-order valence-corrected chi connectivity index (χ2v) is 5.57. The van der Waals surface area contributed by atoms with Crippen LogP contribution in [0, 0.1) is 6.92 Å². The minimum atomic E-state index is 0.560. The minimum absolute atomic E-state index is 0.560. The van der Waals surface area contributed by atoms with E-state index in [1.54, 1.807) is 11.8 Å². The predicted octanol–water partition coefficient (Wildman–Crippen LogP) is 3.61. The zero-order valence-electron chi connectivity index (χ0n) is 11.4. The normalized spacial score (nSPS) is 10.6. The molecule has 2 rings (SSSR count). The van der Waals surface area contributed by atoms with E-state index in [4.69, 9.17) is 5.73 Å². The van der Waals surface area contributed by atoms with E-state index in [9.17, 15) is 0 Å². The van der Waals surface area contributed by atoms with E-state index in [-0.39, 0.29) is 0 Å². The van der Waals surface area contributed by atoms with Crippen LogP contribution in [-0.2, 0) is 12.2 Å². The van der Waals surface area contributed by atoms with Crippen molar-refractivity contribution < 1.29 is 0 Å². The van der Waals surface area contributed by atoms with Crippen LogP contribution in [0.5, 0.6) is 0 Å². The lowest BCUT2D eigenvalue weighted by Crippen LogP contribution is -2.00. The first-order chi connectivity index (χ1) is 9.17. The summed E-state index contributed by atoms with van der Waals surface area (Å²) in [6, 6.07) is 10.4. The second kappa shape index (κ2) is 6.57. The Hall–Kier alpha value is -1.55. The fraction of sp³-hybridized carbons (Fsp3) is 0.333. The largest absolute Gasteiger partial charge is 0.384 e. The Morgan fingerprint density at radius 1 is 1.21 bits per heavy atom. The van der Waals surface area contributed by atoms with Crippen LogP contribution in [-0.4, -0.2) is 9.97 Å². The zero-order valence-corrected chi connectivity index (χ0v) is 12.2. The summed E-state index contributed by atoms with van der Waals surface area (Å²) in [7, 11) is 0. The number of nitrogens with two attached hydrogens (primary N) is 1. The lowest BCUT2D eigenvalue weighted by atomic mass is 10.2. The molecule has 2 N–H and O–H groups in total. The van der Waals surface area contributed by atoms with E-state index in [0.29, 0.717) is 5.82 Å². The van der Waals surface area contributed by atoms with Gasteiger partial charge in [0.25, 0.3) is 0 Å². The number of anilines is 1. The highest BCUT2D eigenvalue weighted by Gasteiger charge is 2.03. The van der Waals surface area contributed by atoms with Crippen LogP contribution < -0.4 is 5.73 Å². The first-order valence-electron chi connectivity index (χ1n) is 6.49. The number of nitrogens with zero attached hydrogens (tertiary/aromatic N) is 2. The van der Waals surface area contributed by atoms with E-state index in [0.717, 1.165) is 29.4 Å². The molecule has 1 aromatic heterocycles. The highest BCUT2D eigenvalue weighted by molar-refractivity contribution is 7.98. The Kier molecular flexibility index (Phi) is 4.80. The van der Waals surface area contributed by atoms with Gasteiger partial charge >= 0.3 is 0 Å². The van der Waals surface area contributed by atoms with Gasteiger partial charge in [0, 0.05) is 18.2 Å². The number of nitrogen functional groups attached to an aromatic ring is 1. The average molecular weight is 273 g/mol. The van der Waals surface area contributed by atoms with Crippen LogP contribution in [0.3, 0.4) is 0 Å². The van der Waals surface area contributed by atoms with Gasteiger partial charge in [0.05, 0.1) is 0 Å². The predicted molar refractivity (Wildman–Crippen MR) is 81.2 cm³/mol. The molecule has 0 spiro atoms. The first kappa shape index (κ1) is 13.9. The second-order valence-electron chi connectivity index (χ2n) is 4.58. The van der Waals surface area contributed by atoms with Crippen molar-refractivity contribution in [2.75, 3.05) is 5.73 Å². The molecule has 1 aromatic carbocycles. The standard InChI is InChI=1S/C15H19N3S/c1-3-5-14-17-13(16)9-15(18-14)19-10-12-7-4-6-11(2)8-12/h4,6-9H,3,5,10H2,1-2H3,(H2,16,17,18). The third kappa shape index (κ3) is 4.24. The molecule has 19 heavy (non-hydrogen) atoms. The molecule has 0 atom stereocenters. The Morgan fingerprint density at radius 2 is 2.05 bits per heavy atom. The molecule has 0 unspecified atom stereocenters. The molecule has 2 aromatic rings. The number of thioether (sulfide) groups is 1.